The maximum Gasteiger partial charge on any atom is 0.0965 e. The molecule has 0 saturated carbocycles. The van der Waals surface area contributed by atoms with Crippen LogP contribution >= 0.6 is 0 Å². The zero-order valence-corrected chi connectivity index (χ0v) is 9.27. The van der Waals surface area contributed by atoms with E-state index < -0.39 is 0 Å². The van der Waals surface area contributed by atoms with E-state index in [0.717, 1.165) is 24.1 Å². The number of hydrogen-bond acceptors (Lipinski definition) is 2. The summed E-state index contributed by atoms with van der Waals surface area (Å²) in [7, 11) is 0. The molecule has 78 valence electrons. The highest BCUT2D eigenvalue weighted by Crippen LogP contribution is 2.20. The number of allylic oxidation sites excluding steroid dienone is 2. The highest BCUT2D eigenvalue weighted by molar-refractivity contribution is 5.28. The molecule has 0 fully saturated rings. The summed E-state index contributed by atoms with van der Waals surface area (Å²) in [4.78, 5) is 0. The Balaban J connectivity index is 2.34. The Morgan fingerprint density at radius 3 is 2.86 bits per heavy atom. The molecule has 0 aromatic carbocycles. The largest absolute Gasteiger partial charge is 0.385 e. The van der Waals surface area contributed by atoms with Gasteiger partial charge in [0.2, 0.25) is 0 Å². The van der Waals surface area contributed by atoms with E-state index in [-0.39, 0.29) is 0 Å². The third-order valence-corrected chi connectivity index (χ3v) is 2.91. The molecular weight excluding hydrogens is 172 g/mol. The lowest BCUT2D eigenvalue weighted by Gasteiger charge is -2.25. The summed E-state index contributed by atoms with van der Waals surface area (Å²) in [6.45, 7) is 4.25. The Hall–Kier alpha value is -0.970. The summed E-state index contributed by atoms with van der Waals surface area (Å²) in [5.74, 6) is 0. The van der Waals surface area contributed by atoms with Crippen molar-refractivity contribution in [2.24, 2.45) is 0 Å². The molecule has 14 heavy (non-hydrogen) atoms. The van der Waals surface area contributed by atoms with E-state index in [1.165, 1.54) is 25.7 Å². The van der Waals surface area contributed by atoms with Crippen molar-refractivity contribution in [1.29, 1.82) is 5.26 Å². The van der Waals surface area contributed by atoms with E-state index in [1.54, 1.807) is 0 Å². The van der Waals surface area contributed by atoms with Crippen molar-refractivity contribution in [3.8, 4) is 6.07 Å². The molecule has 0 aromatic heterocycles. The molecule has 1 unspecified atom stereocenters. The van der Waals surface area contributed by atoms with Crippen molar-refractivity contribution < 1.29 is 0 Å². The summed E-state index contributed by atoms with van der Waals surface area (Å²) in [5, 5.41) is 12.2. The molecule has 1 aliphatic rings. The Morgan fingerprint density at radius 1 is 1.50 bits per heavy atom. The molecule has 1 heterocycles. The van der Waals surface area contributed by atoms with E-state index in [2.05, 4.69) is 18.3 Å². The van der Waals surface area contributed by atoms with Crippen LogP contribution < -0.4 is 5.32 Å². The average Bonchev–Trinajstić information content (AvgIpc) is 2.18. The molecule has 2 heteroatoms. The van der Waals surface area contributed by atoms with Gasteiger partial charge in [0.1, 0.15) is 0 Å². The van der Waals surface area contributed by atoms with Gasteiger partial charge in [0.05, 0.1) is 6.07 Å². The highest BCUT2D eigenvalue weighted by atomic mass is 14.9. The summed E-state index contributed by atoms with van der Waals surface area (Å²) in [6.07, 6.45) is 7.26. The van der Waals surface area contributed by atoms with Crippen molar-refractivity contribution in [3.63, 3.8) is 0 Å². The molecule has 0 amide bonds. The molecule has 0 aliphatic carbocycles. The average molecular weight is 192 g/mol. The van der Waals surface area contributed by atoms with Gasteiger partial charge in [0.15, 0.2) is 0 Å². The van der Waals surface area contributed by atoms with Gasteiger partial charge >= 0.3 is 0 Å². The van der Waals surface area contributed by atoms with Crippen molar-refractivity contribution in [3.05, 3.63) is 11.3 Å². The Morgan fingerprint density at radius 2 is 2.29 bits per heavy atom. The van der Waals surface area contributed by atoms with E-state index in [0.29, 0.717) is 6.04 Å². The van der Waals surface area contributed by atoms with Crippen LogP contribution in [-0.2, 0) is 0 Å². The number of rotatable bonds is 4. The van der Waals surface area contributed by atoms with E-state index in [4.69, 9.17) is 5.26 Å². The van der Waals surface area contributed by atoms with Gasteiger partial charge in [-0.25, -0.2) is 0 Å². The summed E-state index contributed by atoms with van der Waals surface area (Å²) < 4.78 is 0. The minimum absolute atomic E-state index is 0.610. The lowest BCUT2D eigenvalue weighted by Crippen LogP contribution is -2.31. The second kappa shape index (κ2) is 5.70. The fourth-order valence-electron chi connectivity index (χ4n) is 1.97. The van der Waals surface area contributed by atoms with Crippen molar-refractivity contribution in [1.82, 2.24) is 5.32 Å². The first-order valence-electron chi connectivity index (χ1n) is 5.64. The van der Waals surface area contributed by atoms with Gasteiger partial charge in [0, 0.05) is 17.3 Å². The molecule has 0 radical (unpaired) electrons. The molecule has 0 bridgehead atoms. The first kappa shape index (κ1) is 11.1. The Kier molecular flexibility index (Phi) is 4.52. The van der Waals surface area contributed by atoms with Crippen LogP contribution in [0, 0.1) is 11.3 Å². The van der Waals surface area contributed by atoms with Gasteiger partial charge < -0.3 is 5.32 Å². The number of nitriles is 1. The van der Waals surface area contributed by atoms with Crippen LogP contribution in [0.2, 0.25) is 0 Å². The maximum atomic E-state index is 8.81. The van der Waals surface area contributed by atoms with Crippen LogP contribution in [-0.4, -0.2) is 6.04 Å². The van der Waals surface area contributed by atoms with Crippen LogP contribution in [0.1, 0.15) is 52.4 Å². The molecule has 1 rings (SSSR count). The highest BCUT2D eigenvalue weighted by Gasteiger charge is 2.16. The van der Waals surface area contributed by atoms with Crippen LogP contribution in [0.25, 0.3) is 0 Å². The van der Waals surface area contributed by atoms with E-state index in [9.17, 15) is 0 Å². The standard InChI is InChI=1S/C12H20N2/c1-3-4-5-6-12-8-7-11(9-13)10(2)14-12/h12,14H,3-8H2,1-2H3. The van der Waals surface area contributed by atoms with Gasteiger partial charge in [-0.3, -0.25) is 0 Å². The molecule has 1 N–H and O–H groups in total. The topological polar surface area (TPSA) is 35.8 Å². The molecule has 2 nitrogen and oxygen atoms in total. The van der Waals surface area contributed by atoms with Crippen molar-refractivity contribution in [2.45, 2.75) is 58.4 Å². The first-order valence-corrected chi connectivity index (χ1v) is 5.64. The van der Waals surface area contributed by atoms with Crippen molar-refractivity contribution in [2.75, 3.05) is 0 Å². The van der Waals surface area contributed by atoms with Crippen LogP contribution in [0.5, 0.6) is 0 Å². The molecule has 0 aromatic rings. The molecular formula is C12H20N2. The van der Waals surface area contributed by atoms with Gasteiger partial charge in [-0.05, 0) is 26.2 Å². The zero-order valence-electron chi connectivity index (χ0n) is 9.27. The number of unbranched alkanes of at least 4 members (excludes halogenated alkanes) is 2. The van der Waals surface area contributed by atoms with E-state index >= 15 is 0 Å². The first-order chi connectivity index (χ1) is 6.77. The third kappa shape index (κ3) is 3.06. The monoisotopic (exact) mass is 192 g/mol. The second-order valence-corrected chi connectivity index (χ2v) is 4.09. The van der Waals surface area contributed by atoms with Crippen molar-refractivity contribution >= 4 is 0 Å². The molecule has 1 aliphatic heterocycles. The Bertz CT molecular complexity index is 248. The quantitative estimate of drug-likeness (QED) is 0.695. The lowest BCUT2D eigenvalue weighted by molar-refractivity contribution is 0.448. The van der Waals surface area contributed by atoms with Crippen LogP contribution in [0.4, 0.5) is 0 Å². The SMILES string of the molecule is CCCCCC1CCC(C#N)=C(C)N1. The van der Waals surface area contributed by atoms with E-state index in [1.807, 2.05) is 6.92 Å². The third-order valence-electron chi connectivity index (χ3n) is 2.91. The fraction of sp³-hybridized carbons (Fsp3) is 0.750. The van der Waals surface area contributed by atoms with Crippen LogP contribution in [0.15, 0.2) is 11.3 Å². The predicted molar refractivity (Wildman–Crippen MR) is 58.6 cm³/mol. The van der Waals surface area contributed by atoms with Crippen LogP contribution in [0.3, 0.4) is 0 Å². The number of nitrogens with one attached hydrogen (secondary N) is 1. The second-order valence-electron chi connectivity index (χ2n) is 4.09. The minimum atomic E-state index is 0.610. The van der Waals surface area contributed by atoms with Gasteiger partial charge in [-0.2, -0.15) is 5.26 Å². The van der Waals surface area contributed by atoms with Gasteiger partial charge in [-0.1, -0.05) is 26.2 Å². The maximum absolute atomic E-state index is 8.81. The lowest BCUT2D eigenvalue weighted by atomic mass is 9.96. The molecule has 0 spiro atoms. The predicted octanol–water partition coefficient (Wildman–Crippen LogP) is 3.12. The Labute approximate surface area is 87.0 Å². The van der Waals surface area contributed by atoms with Gasteiger partial charge in [0.25, 0.3) is 0 Å². The minimum Gasteiger partial charge on any atom is -0.385 e. The summed E-state index contributed by atoms with van der Waals surface area (Å²) in [5.41, 5.74) is 2.04. The molecule has 0 saturated heterocycles. The number of hydrogen-bond donors (Lipinski definition) is 1. The smallest absolute Gasteiger partial charge is 0.0965 e. The summed E-state index contributed by atoms with van der Waals surface area (Å²) in [6, 6.07) is 2.87. The van der Waals surface area contributed by atoms with Gasteiger partial charge in [-0.15, -0.1) is 0 Å². The normalized spacial score (nSPS) is 21.6. The zero-order chi connectivity index (χ0) is 10.4. The summed E-state index contributed by atoms with van der Waals surface area (Å²) >= 11 is 0. The fourth-order valence-corrected chi connectivity index (χ4v) is 1.97. The number of nitrogens with zero attached hydrogens (tertiary/aromatic N) is 1. The molecule has 1 atom stereocenters.